The monoisotopic (exact) mass is 544 g/mol. The van der Waals surface area contributed by atoms with Crippen molar-refractivity contribution in [2.24, 2.45) is 0 Å². The van der Waals surface area contributed by atoms with E-state index in [0.29, 0.717) is 23.8 Å². The molecule has 0 atom stereocenters. The van der Waals surface area contributed by atoms with Gasteiger partial charge >= 0.3 is 6.09 Å². The second-order valence-electron chi connectivity index (χ2n) is 8.59. The molecule has 1 aliphatic heterocycles. The Morgan fingerprint density at radius 3 is 2.54 bits per heavy atom. The number of fused-ring (bicyclic) bond motifs is 1. The quantitative estimate of drug-likeness (QED) is 0.289. The maximum Gasteiger partial charge on any atom is 0.413 e. The molecule has 0 aliphatic carbocycles. The van der Waals surface area contributed by atoms with Gasteiger partial charge in [-0.05, 0) is 56.8 Å². The van der Waals surface area contributed by atoms with Gasteiger partial charge in [-0.1, -0.05) is 27.2 Å². The Morgan fingerprint density at radius 2 is 1.90 bits per heavy atom. The molecule has 4 N–H and O–H groups in total. The first-order valence-electron chi connectivity index (χ1n) is 13.7. The zero-order chi connectivity index (χ0) is 28.6. The van der Waals surface area contributed by atoms with Crippen LogP contribution in [0.2, 0.25) is 0 Å². The third-order valence-corrected chi connectivity index (χ3v) is 5.99. The predicted molar refractivity (Wildman–Crippen MR) is 154 cm³/mol. The molecule has 3 aromatic heterocycles. The van der Waals surface area contributed by atoms with E-state index in [1.54, 1.807) is 24.9 Å². The van der Waals surface area contributed by atoms with Gasteiger partial charge in [0.25, 0.3) is 0 Å². The molecule has 4 rings (SSSR count). The van der Waals surface area contributed by atoms with Crippen LogP contribution in [0.25, 0.3) is 11.0 Å². The number of aliphatic hydroxyl groups is 1. The van der Waals surface area contributed by atoms with Crippen LogP contribution in [0.3, 0.4) is 0 Å². The summed E-state index contributed by atoms with van der Waals surface area (Å²) in [6.45, 7) is 11.2. The first-order chi connectivity index (χ1) is 19.0. The number of aliphatic hydroxyl groups excluding tert-OH is 1. The molecular formula is C27H44N8O4. The van der Waals surface area contributed by atoms with Crippen LogP contribution in [0.5, 0.6) is 5.75 Å². The van der Waals surface area contributed by atoms with Crippen LogP contribution < -0.4 is 20.7 Å². The molecule has 12 heteroatoms. The standard InChI is InChI=1S/C23H32N8O3.C2H6O.C2H6/c1-4-5-8-25-21-20-17(28-22(29-21)30-23(32)34-3)13-27-31(20)14-18-19(33-2)11-16(12-26-18)15-6-9-24-10-7-15;1-2-3;1-2/h11-13,15,24H,4-10,14H2,1-3H3,(H2,25,28,29,30,32);3H,2H2,1H3;1-2H3. The Balaban J connectivity index is 0.000000998. The Labute approximate surface area is 230 Å². The highest BCUT2D eigenvalue weighted by molar-refractivity contribution is 5.89. The molecule has 12 nitrogen and oxygen atoms in total. The van der Waals surface area contributed by atoms with Gasteiger partial charge in [-0.2, -0.15) is 10.1 Å². The molecule has 0 bridgehead atoms. The fourth-order valence-electron chi connectivity index (χ4n) is 4.13. The van der Waals surface area contributed by atoms with Crippen LogP contribution in [0.4, 0.5) is 16.6 Å². The third-order valence-electron chi connectivity index (χ3n) is 5.99. The number of carbonyl (C=O) groups is 1. The van der Waals surface area contributed by atoms with E-state index in [9.17, 15) is 4.79 Å². The number of ether oxygens (including phenoxy) is 2. The van der Waals surface area contributed by atoms with Gasteiger partial charge in [-0.25, -0.2) is 9.78 Å². The Morgan fingerprint density at radius 1 is 1.18 bits per heavy atom. The minimum absolute atomic E-state index is 0.153. The van der Waals surface area contributed by atoms with E-state index in [2.05, 4.69) is 48.7 Å². The van der Waals surface area contributed by atoms with Crippen molar-refractivity contribution in [3.8, 4) is 5.75 Å². The lowest BCUT2D eigenvalue weighted by molar-refractivity contribution is 0.186. The van der Waals surface area contributed by atoms with Crippen molar-refractivity contribution in [1.82, 2.24) is 30.0 Å². The number of pyridine rings is 1. The first-order valence-corrected chi connectivity index (χ1v) is 13.7. The van der Waals surface area contributed by atoms with Gasteiger partial charge < -0.3 is 25.2 Å². The Hall–Kier alpha value is -3.51. The average molecular weight is 545 g/mol. The maximum atomic E-state index is 11.7. The molecule has 1 aliphatic rings. The van der Waals surface area contributed by atoms with Gasteiger partial charge in [0.1, 0.15) is 22.5 Å². The molecule has 0 spiro atoms. The highest BCUT2D eigenvalue weighted by atomic mass is 16.5. The number of hydrogen-bond acceptors (Lipinski definition) is 10. The smallest absolute Gasteiger partial charge is 0.413 e. The van der Waals surface area contributed by atoms with E-state index in [-0.39, 0.29) is 12.6 Å². The van der Waals surface area contributed by atoms with Crippen LogP contribution in [0.1, 0.15) is 70.6 Å². The highest BCUT2D eigenvalue weighted by Gasteiger charge is 2.20. The fraction of sp³-hybridized carbons (Fsp3) is 0.593. The predicted octanol–water partition coefficient (Wildman–Crippen LogP) is 4.16. The second kappa shape index (κ2) is 17.2. The summed E-state index contributed by atoms with van der Waals surface area (Å²) in [6, 6.07) is 2.10. The number of hydrogen-bond donors (Lipinski definition) is 4. The molecule has 216 valence electrons. The summed E-state index contributed by atoms with van der Waals surface area (Å²) in [5.41, 5.74) is 3.32. The Bertz CT molecular complexity index is 1150. The van der Waals surface area contributed by atoms with Crippen molar-refractivity contribution >= 4 is 28.9 Å². The number of rotatable bonds is 9. The van der Waals surface area contributed by atoms with Gasteiger partial charge in [0.2, 0.25) is 5.95 Å². The van der Waals surface area contributed by atoms with Gasteiger partial charge in [0, 0.05) is 19.3 Å². The van der Waals surface area contributed by atoms with Gasteiger partial charge in [-0.15, -0.1) is 0 Å². The lowest BCUT2D eigenvalue weighted by Gasteiger charge is -2.23. The van der Waals surface area contributed by atoms with Gasteiger partial charge in [0.15, 0.2) is 5.82 Å². The molecule has 1 amide bonds. The minimum atomic E-state index is -0.631. The van der Waals surface area contributed by atoms with Crippen LogP contribution in [-0.4, -0.2) is 76.4 Å². The number of amides is 1. The molecule has 4 heterocycles. The summed E-state index contributed by atoms with van der Waals surface area (Å²) in [6.07, 6.45) is 7.19. The normalized spacial score (nSPS) is 13.0. The molecule has 1 saturated heterocycles. The topological polar surface area (TPSA) is 148 Å². The lowest BCUT2D eigenvalue weighted by Crippen LogP contribution is -2.26. The molecule has 0 radical (unpaired) electrons. The average Bonchev–Trinajstić information content (AvgIpc) is 3.37. The van der Waals surface area contributed by atoms with Crippen molar-refractivity contribution in [3.63, 3.8) is 0 Å². The number of nitrogens with one attached hydrogen (secondary N) is 3. The summed E-state index contributed by atoms with van der Waals surface area (Å²) >= 11 is 0. The first kappa shape index (κ1) is 31.7. The van der Waals surface area contributed by atoms with E-state index in [1.807, 2.05) is 20.0 Å². The molecule has 0 aromatic carbocycles. The zero-order valence-electron chi connectivity index (χ0n) is 24.1. The molecule has 0 saturated carbocycles. The van der Waals surface area contributed by atoms with Crippen LogP contribution >= 0.6 is 0 Å². The van der Waals surface area contributed by atoms with E-state index in [4.69, 9.17) is 14.8 Å². The summed E-state index contributed by atoms with van der Waals surface area (Å²) < 4.78 is 12.2. The van der Waals surface area contributed by atoms with E-state index in [1.165, 1.54) is 12.7 Å². The second-order valence-corrected chi connectivity index (χ2v) is 8.59. The summed E-state index contributed by atoms with van der Waals surface area (Å²) in [7, 11) is 2.96. The van der Waals surface area contributed by atoms with Crippen molar-refractivity contribution < 1.29 is 19.4 Å². The largest absolute Gasteiger partial charge is 0.495 e. The number of carbonyl (C=O) groups excluding carboxylic acids is 1. The number of nitrogens with zero attached hydrogens (tertiary/aromatic N) is 5. The van der Waals surface area contributed by atoms with E-state index < -0.39 is 6.09 Å². The minimum Gasteiger partial charge on any atom is -0.495 e. The molecular weight excluding hydrogens is 500 g/mol. The number of unbranched alkanes of at least 4 members (excludes halogenated alkanes) is 1. The number of anilines is 2. The molecule has 3 aromatic rings. The third kappa shape index (κ3) is 9.03. The number of piperidine rings is 1. The van der Waals surface area contributed by atoms with Gasteiger partial charge in [-0.3, -0.25) is 15.0 Å². The molecule has 1 fully saturated rings. The van der Waals surface area contributed by atoms with Gasteiger partial charge in [0.05, 0.1) is 27.0 Å². The summed E-state index contributed by atoms with van der Waals surface area (Å²) in [4.78, 5) is 25.3. The Kier molecular flexibility index (Phi) is 13.9. The van der Waals surface area contributed by atoms with Crippen LogP contribution in [0.15, 0.2) is 18.5 Å². The fourth-order valence-corrected chi connectivity index (χ4v) is 4.13. The van der Waals surface area contributed by atoms with Crippen LogP contribution in [-0.2, 0) is 11.3 Å². The summed E-state index contributed by atoms with van der Waals surface area (Å²) in [5.74, 6) is 1.98. The zero-order valence-corrected chi connectivity index (χ0v) is 24.1. The molecule has 39 heavy (non-hydrogen) atoms. The van der Waals surface area contributed by atoms with Crippen LogP contribution in [0, 0.1) is 0 Å². The number of methoxy groups -OCH3 is 2. The van der Waals surface area contributed by atoms with E-state index in [0.717, 1.165) is 62.3 Å². The highest BCUT2D eigenvalue weighted by Crippen LogP contribution is 2.30. The van der Waals surface area contributed by atoms with E-state index >= 15 is 0 Å². The summed E-state index contributed by atoms with van der Waals surface area (Å²) in [5, 5.41) is 21.4. The maximum absolute atomic E-state index is 11.7. The number of aromatic nitrogens is 5. The van der Waals surface area contributed by atoms with Crippen molar-refractivity contribution in [3.05, 3.63) is 29.7 Å². The lowest BCUT2D eigenvalue weighted by atomic mass is 9.91. The van der Waals surface area contributed by atoms with Crippen molar-refractivity contribution in [2.45, 2.75) is 65.8 Å². The molecule has 0 unspecified atom stereocenters. The van der Waals surface area contributed by atoms with Crippen molar-refractivity contribution in [2.75, 3.05) is 51.1 Å². The SMILES string of the molecule is CC.CCCCNc1nc(NC(=O)OC)nc2cnn(Cc3ncc(C4CCNCC4)cc3OC)c12.CCO. The van der Waals surface area contributed by atoms with Crippen molar-refractivity contribution in [1.29, 1.82) is 0 Å².